The number of fused-ring (bicyclic) bond motifs is 14. The van der Waals surface area contributed by atoms with Crippen molar-refractivity contribution in [2.24, 2.45) is 59.2 Å². The van der Waals surface area contributed by atoms with Crippen LogP contribution in [0, 0.1) is 59.2 Å². The summed E-state index contributed by atoms with van der Waals surface area (Å²) in [5, 5.41) is 0. The molecule has 5 fully saturated rings. The SMILES string of the molecule is O=C1OCC2CC2C2CC2C2CC2C2CC2C2CC2COC(=O)c2ccnc(c2)-c2cc1ccn2. The molecule has 5 aliphatic carbocycles. The van der Waals surface area contributed by atoms with E-state index in [1.54, 1.807) is 36.7 Å². The number of aromatic nitrogens is 2. The molecule has 4 bridgehead atoms. The normalized spacial score (nSPS) is 42.6. The zero-order chi connectivity index (χ0) is 23.3. The van der Waals surface area contributed by atoms with Crippen LogP contribution in [0.1, 0.15) is 52.8 Å². The standard InChI is InChI=1S/C29H30N2O4/c32-28-14-1-3-30-26(7-14)27-8-15(2-4-31-27)29(33)35-13-17-6-19(17)21-10-23(21)25-11-24(25)22-9-20(22)18-5-16(18)12-34-28/h1-4,7-8,16-25H,5-6,9-13H2. The van der Waals surface area contributed by atoms with Gasteiger partial charge in [0.2, 0.25) is 0 Å². The van der Waals surface area contributed by atoms with Crippen LogP contribution >= 0.6 is 0 Å². The Morgan fingerprint density at radius 1 is 0.571 bits per heavy atom. The maximum atomic E-state index is 12.7. The van der Waals surface area contributed by atoms with Crippen molar-refractivity contribution in [1.29, 1.82) is 0 Å². The first-order chi connectivity index (χ1) is 17.1. The number of pyridine rings is 2. The van der Waals surface area contributed by atoms with Crippen LogP contribution in [0.25, 0.3) is 11.4 Å². The molecule has 6 aliphatic rings. The molecule has 1 aliphatic heterocycles. The summed E-state index contributed by atoms with van der Waals surface area (Å²) < 4.78 is 11.4. The zero-order valence-electron chi connectivity index (χ0n) is 19.7. The average molecular weight is 471 g/mol. The number of carbonyl (C=O) groups is 2. The van der Waals surface area contributed by atoms with Crippen LogP contribution in [-0.2, 0) is 9.47 Å². The van der Waals surface area contributed by atoms with Crippen LogP contribution in [0.2, 0.25) is 0 Å². The van der Waals surface area contributed by atoms with Crippen molar-refractivity contribution in [1.82, 2.24) is 9.97 Å². The third-order valence-electron chi connectivity index (χ3n) is 9.94. The second-order valence-electron chi connectivity index (χ2n) is 12.1. The lowest BCUT2D eigenvalue weighted by Crippen LogP contribution is -2.10. The Morgan fingerprint density at radius 3 is 1.40 bits per heavy atom. The van der Waals surface area contributed by atoms with E-state index < -0.39 is 0 Å². The van der Waals surface area contributed by atoms with Gasteiger partial charge in [0.15, 0.2) is 0 Å². The number of hydrogen-bond donors (Lipinski definition) is 0. The minimum atomic E-state index is -0.314. The van der Waals surface area contributed by atoms with E-state index in [9.17, 15) is 9.59 Å². The van der Waals surface area contributed by atoms with Crippen LogP contribution < -0.4 is 0 Å². The fourth-order valence-electron chi connectivity index (χ4n) is 7.56. The summed E-state index contributed by atoms with van der Waals surface area (Å²) in [7, 11) is 0. The van der Waals surface area contributed by atoms with Gasteiger partial charge in [-0.15, -0.1) is 0 Å². The van der Waals surface area contributed by atoms with E-state index in [2.05, 4.69) is 9.97 Å². The summed E-state index contributed by atoms with van der Waals surface area (Å²) in [6, 6.07) is 6.74. The summed E-state index contributed by atoms with van der Waals surface area (Å²) in [6.45, 7) is 1.04. The molecular formula is C29H30N2O4. The van der Waals surface area contributed by atoms with Gasteiger partial charge in [-0.05, 0) is 116 Å². The van der Waals surface area contributed by atoms with E-state index in [1.807, 2.05) is 0 Å². The second-order valence-corrected chi connectivity index (χ2v) is 12.1. The van der Waals surface area contributed by atoms with Crippen LogP contribution in [0.15, 0.2) is 36.7 Å². The van der Waals surface area contributed by atoms with E-state index in [0.29, 0.717) is 47.6 Å². The van der Waals surface area contributed by atoms with Gasteiger partial charge in [0.25, 0.3) is 0 Å². The number of nitrogens with zero attached hydrogens (tertiary/aromatic N) is 2. The molecule has 35 heavy (non-hydrogen) atoms. The quantitative estimate of drug-likeness (QED) is 0.522. The number of cyclic esters (lactones) is 2. The molecule has 10 atom stereocenters. The zero-order valence-corrected chi connectivity index (χ0v) is 19.7. The Labute approximate surface area is 204 Å². The van der Waals surface area contributed by atoms with Gasteiger partial charge in [-0.25, -0.2) is 9.59 Å². The highest BCUT2D eigenvalue weighted by atomic mass is 16.5. The summed E-state index contributed by atoms with van der Waals surface area (Å²) >= 11 is 0. The fraction of sp³-hybridized carbons (Fsp3) is 0.586. The Hall–Kier alpha value is -2.76. The number of esters is 2. The molecule has 180 valence electrons. The van der Waals surface area contributed by atoms with Crippen molar-refractivity contribution in [2.45, 2.75) is 32.1 Å². The molecule has 0 spiro atoms. The van der Waals surface area contributed by atoms with E-state index in [0.717, 1.165) is 47.3 Å². The molecular weight excluding hydrogens is 440 g/mol. The highest BCUT2D eigenvalue weighted by molar-refractivity contribution is 5.92. The summed E-state index contributed by atoms with van der Waals surface area (Å²) in [5.41, 5.74) is 2.02. The minimum absolute atomic E-state index is 0.314. The Kier molecular flexibility index (Phi) is 4.31. The van der Waals surface area contributed by atoms with E-state index >= 15 is 0 Å². The molecule has 0 saturated heterocycles. The third kappa shape index (κ3) is 3.68. The molecule has 0 aromatic carbocycles. The predicted molar refractivity (Wildman–Crippen MR) is 126 cm³/mol. The molecule has 6 heteroatoms. The van der Waals surface area contributed by atoms with Gasteiger partial charge >= 0.3 is 11.9 Å². The summed E-state index contributed by atoms with van der Waals surface area (Å²) in [5.74, 6) is 7.53. The van der Waals surface area contributed by atoms with Gasteiger partial charge in [0.05, 0.1) is 35.7 Å². The van der Waals surface area contributed by atoms with Gasteiger partial charge < -0.3 is 9.47 Å². The van der Waals surface area contributed by atoms with Crippen molar-refractivity contribution in [3.8, 4) is 11.4 Å². The van der Waals surface area contributed by atoms with Crippen molar-refractivity contribution in [3.63, 3.8) is 0 Å². The molecule has 0 radical (unpaired) electrons. The maximum absolute atomic E-state index is 12.7. The van der Waals surface area contributed by atoms with Crippen LogP contribution in [0.5, 0.6) is 0 Å². The van der Waals surface area contributed by atoms with Gasteiger partial charge in [-0.1, -0.05) is 0 Å². The molecule has 10 unspecified atom stereocenters. The van der Waals surface area contributed by atoms with Crippen LogP contribution in [0.4, 0.5) is 0 Å². The Morgan fingerprint density at radius 2 is 0.971 bits per heavy atom. The number of ether oxygens (including phenoxy) is 2. The fourth-order valence-corrected chi connectivity index (χ4v) is 7.56. The second kappa shape index (κ2) is 7.37. The number of hydrogen-bond acceptors (Lipinski definition) is 6. The molecule has 2 aromatic rings. The van der Waals surface area contributed by atoms with E-state index in [4.69, 9.17) is 9.47 Å². The first kappa shape index (κ1) is 20.4. The monoisotopic (exact) mass is 470 g/mol. The molecule has 0 N–H and O–H groups in total. The maximum Gasteiger partial charge on any atom is 0.338 e. The largest absolute Gasteiger partial charge is 0.462 e. The minimum Gasteiger partial charge on any atom is -0.462 e. The van der Waals surface area contributed by atoms with E-state index in [-0.39, 0.29) is 11.9 Å². The average Bonchev–Trinajstić information content (AvgIpc) is 3.69. The third-order valence-corrected chi connectivity index (χ3v) is 9.94. The van der Waals surface area contributed by atoms with Crippen molar-refractivity contribution in [2.75, 3.05) is 13.2 Å². The molecule has 3 heterocycles. The molecule has 0 amide bonds. The highest BCUT2D eigenvalue weighted by Gasteiger charge is 2.66. The molecule has 8 rings (SSSR count). The lowest BCUT2D eigenvalue weighted by atomic mass is 10.1. The summed E-state index contributed by atoms with van der Waals surface area (Å²) in [6.07, 6.45) is 9.86. The lowest BCUT2D eigenvalue weighted by molar-refractivity contribution is 0.0469. The van der Waals surface area contributed by atoms with Crippen molar-refractivity contribution >= 4 is 11.9 Å². The summed E-state index contributed by atoms with van der Waals surface area (Å²) in [4.78, 5) is 34.2. The Bertz CT molecular complexity index is 1140. The van der Waals surface area contributed by atoms with Crippen LogP contribution in [0.3, 0.4) is 0 Å². The number of rotatable bonds is 0. The van der Waals surface area contributed by atoms with Crippen molar-refractivity contribution < 1.29 is 19.1 Å². The van der Waals surface area contributed by atoms with Crippen molar-refractivity contribution in [3.05, 3.63) is 47.8 Å². The van der Waals surface area contributed by atoms with Gasteiger partial charge in [-0.3, -0.25) is 9.97 Å². The highest BCUT2D eigenvalue weighted by Crippen LogP contribution is 2.72. The molecule has 6 nitrogen and oxygen atoms in total. The van der Waals surface area contributed by atoms with Gasteiger partial charge in [0.1, 0.15) is 0 Å². The van der Waals surface area contributed by atoms with Gasteiger partial charge in [-0.2, -0.15) is 0 Å². The number of carbonyl (C=O) groups excluding carboxylic acids is 2. The van der Waals surface area contributed by atoms with Gasteiger partial charge in [0, 0.05) is 12.4 Å². The van der Waals surface area contributed by atoms with Crippen LogP contribution in [-0.4, -0.2) is 35.1 Å². The Balaban J connectivity index is 1.03. The first-order valence-corrected chi connectivity index (χ1v) is 13.4. The molecule has 2 aromatic heterocycles. The molecule has 5 saturated carbocycles. The smallest absolute Gasteiger partial charge is 0.338 e. The lowest BCUT2D eigenvalue weighted by Gasteiger charge is -2.08. The predicted octanol–water partition coefficient (Wildman–Crippen LogP) is 4.65. The first-order valence-electron chi connectivity index (χ1n) is 13.4. The van der Waals surface area contributed by atoms with E-state index in [1.165, 1.54) is 32.1 Å². The topological polar surface area (TPSA) is 78.4 Å².